The smallest absolute Gasteiger partial charge is 0.0641 e. The lowest BCUT2D eigenvalue weighted by Gasteiger charge is -2.26. The van der Waals surface area contributed by atoms with Gasteiger partial charge in [-0.3, -0.25) is 0 Å². The van der Waals surface area contributed by atoms with Gasteiger partial charge in [-0.15, -0.1) is 0 Å². The van der Waals surface area contributed by atoms with E-state index in [9.17, 15) is 10.2 Å². The van der Waals surface area contributed by atoms with Gasteiger partial charge in [-0.05, 0) is 66.2 Å². The predicted molar refractivity (Wildman–Crippen MR) is 75.5 cm³/mol. The van der Waals surface area contributed by atoms with Crippen molar-refractivity contribution in [2.24, 2.45) is 0 Å². The molecule has 0 saturated carbocycles. The van der Waals surface area contributed by atoms with Crippen molar-refractivity contribution in [2.75, 3.05) is 6.61 Å². The number of hydrogen-bond acceptors (Lipinski definition) is 3. The van der Waals surface area contributed by atoms with Gasteiger partial charge in [0.05, 0.1) is 11.2 Å². The molecule has 0 aliphatic heterocycles. The Kier molecular flexibility index (Phi) is 7.76. The topological polar surface area (TPSA) is 60.7 Å². The van der Waals surface area contributed by atoms with E-state index in [-0.39, 0.29) is 6.61 Å². The van der Waals surface area contributed by atoms with Crippen molar-refractivity contribution < 1.29 is 15.3 Å². The van der Waals surface area contributed by atoms with E-state index in [1.165, 1.54) is 5.57 Å². The van der Waals surface area contributed by atoms with Gasteiger partial charge in [0.15, 0.2) is 0 Å². The fourth-order valence-corrected chi connectivity index (χ4v) is 2.01. The molecule has 0 bridgehead atoms. The van der Waals surface area contributed by atoms with Crippen LogP contribution in [0, 0.1) is 0 Å². The standard InChI is InChI=1S/C15H30O3/c1-13(2)7-5-8-14(3,17)9-6-10-15(4,18)11-12-16/h7,16-18H,5-6,8-12H2,1-4H3. The third-order valence-corrected chi connectivity index (χ3v) is 3.32. The van der Waals surface area contributed by atoms with Gasteiger partial charge in [0.1, 0.15) is 0 Å². The van der Waals surface area contributed by atoms with Crippen LogP contribution in [0.1, 0.15) is 66.2 Å². The van der Waals surface area contributed by atoms with Crippen molar-refractivity contribution in [3.05, 3.63) is 11.6 Å². The molecule has 0 rings (SSSR count). The molecule has 0 radical (unpaired) electrons. The molecule has 0 saturated heterocycles. The quantitative estimate of drug-likeness (QED) is 0.557. The summed E-state index contributed by atoms with van der Waals surface area (Å²) in [5.41, 5.74) is -0.205. The van der Waals surface area contributed by atoms with Gasteiger partial charge in [-0.25, -0.2) is 0 Å². The van der Waals surface area contributed by atoms with Crippen molar-refractivity contribution in [1.82, 2.24) is 0 Å². The zero-order valence-corrected chi connectivity index (χ0v) is 12.4. The van der Waals surface area contributed by atoms with Crippen molar-refractivity contribution in [3.8, 4) is 0 Å². The van der Waals surface area contributed by atoms with Gasteiger partial charge >= 0.3 is 0 Å². The summed E-state index contributed by atoms with van der Waals surface area (Å²) in [7, 11) is 0. The van der Waals surface area contributed by atoms with E-state index in [0.717, 1.165) is 19.3 Å². The summed E-state index contributed by atoms with van der Waals surface area (Å²) in [6.07, 6.45) is 6.25. The second-order valence-corrected chi connectivity index (χ2v) is 6.14. The first-order valence-electron chi connectivity index (χ1n) is 6.87. The molecule has 0 aliphatic carbocycles. The number of aliphatic hydroxyl groups is 3. The molecule has 2 atom stereocenters. The lowest BCUT2D eigenvalue weighted by atomic mass is 9.89. The zero-order valence-electron chi connectivity index (χ0n) is 12.4. The molecular formula is C15H30O3. The Labute approximate surface area is 112 Å². The van der Waals surface area contributed by atoms with Crippen LogP contribution in [0.2, 0.25) is 0 Å². The second kappa shape index (κ2) is 7.93. The first kappa shape index (κ1) is 17.6. The highest BCUT2D eigenvalue weighted by atomic mass is 16.3. The third-order valence-electron chi connectivity index (χ3n) is 3.32. The van der Waals surface area contributed by atoms with E-state index in [2.05, 4.69) is 19.9 Å². The monoisotopic (exact) mass is 258 g/mol. The maximum absolute atomic E-state index is 10.2. The van der Waals surface area contributed by atoms with Crippen LogP contribution in [0.4, 0.5) is 0 Å². The maximum atomic E-state index is 10.2. The minimum atomic E-state index is -0.815. The molecule has 0 spiro atoms. The lowest BCUT2D eigenvalue weighted by Crippen LogP contribution is -2.28. The van der Waals surface area contributed by atoms with Gasteiger partial charge in [-0.1, -0.05) is 11.6 Å². The summed E-state index contributed by atoms with van der Waals surface area (Å²) in [5, 5.41) is 28.9. The van der Waals surface area contributed by atoms with Gasteiger partial charge in [0, 0.05) is 6.61 Å². The fourth-order valence-electron chi connectivity index (χ4n) is 2.01. The summed E-state index contributed by atoms with van der Waals surface area (Å²) in [6, 6.07) is 0. The normalized spacial score (nSPS) is 17.9. The number of rotatable bonds is 9. The first-order chi connectivity index (χ1) is 8.18. The molecule has 0 aliphatic rings. The summed E-state index contributed by atoms with van der Waals surface area (Å²) in [5.74, 6) is 0. The van der Waals surface area contributed by atoms with Crippen molar-refractivity contribution in [2.45, 2.75) is 77.4 Å². The predicted octanol–water partition coefficient (Wildman–Crippen LogP) is 2.79. The Morgan fingerprint density at radius 3 is 1.89 bits per heavy atom. The molecule has 0 fully saturated rings. The maximum Gasteiger partial charge on any atom is 0.0641 e. The van der Waals surface area contributed by atoms with Crippen LogP contribution in [0.3, 0.4) is 0 Å². The minimum absolute atomic E-state index is 0.00393. The van der Waals surface area contributed by atoms with E-state index < -0.39 is 11.2 Å². The highest BCUT2D eigenvalue weighted by molar-refractivity contribution is 4.94. The van der Waals surface area contributed by atoms with Crippen LogP contribution >= 0.6 is 0 Å². The number of allylic oxidation sites excluding steroid dienone is 2. The zero-order chi connectivity index (χ0) is 14.2. The van der Waals surface area contributed by atoms with E-state index in [1.54, 1.807) is 6.92 Å². The number of aliphatic hydroxyl groups excluding tert-OH is 1. The van der Waals surface area contributed by atoms with Crippen LogP contribution in [0.25, 0.3) is 0 Å². The van der Waals surface area contributed by atoms with Gasteiger partial charge in [-0.2, -0.15) is 0 Å². The minimum Gasteiger partial charge on any atom is -0.396 e. The highest BCUT2D eigenvalue weighted by Crippen LogP contribution is 2.24. The molecule has 0 aromatic carbocycles. The van der Waals surface area contributed by atoms with Crippen molar-refractivity contribution in [1.29, 1.82) is 0 Å². The molecule has 3 heteroatoms. The molecule has 0 aromatic rings. The SMILES string of the molecule is CC(C)=CCCC(C)(O)CCCC(C)(O)CCO. The molecule has 108 valence electrons. The molecule has 18 heavy (non-hydrogen) atoms. The Morgan fingerprint density at radius 2 is 1.44 bits per heavy atom. The van der Waals surface area contributed by atoms with Gasteiger partial charge < -0.3 is 15.3 Å². The summed E-state index contributed by atoms with van der Waals surface area (Å²) in [4.78, 5) is 0. The highest BCUT2D eigenvalue weighted by Gasteiger charge is 2.23. The van der Waals surface area contributed by atoms with Crippen LogP contribution in [0.15, 0.2) is 11.6 Å². The lowest BCUT2D eigenvalue weighted by molar-refractivity contribution is 0.00574. The van der Waals surface area contributed by atoms with Crippen molar-refractivity contribution in [3.63, 3.8) is 0 Å². The average molecular weight is 258 g/mol. The van der Waals surface area contributed by atoms with Crippen LogP contribution < -0.4 is 0 Å². The largest absolute Gasteiger partial charge is 0.396 e. The molecule has 0 amide bonds. The first-order valence-corrected chi connectivity index (χ1v) is 6.87. The van der Waals surface area contributed by atoms with E-state index in [0.29, 0.717) is 19.3 Å². The Balaban J connectivity index is 3.93. The Morgan fingerprint density at radius 1 is 0.944 bits per heavy atom. The molecule has 3 nitrogen and oxygen atoms in total. The third kappa shape index (κ3) is 9.63. The summed E-state index contributed by atoms with van der Waals surface area (Å²) in [6.45, 7) is 7.71. The number of hydrogen-bond donors (Lipinski definition) is 3. The molecule has 2 unspecified atom stereocenters. The fraction of sp³-hybridized carbons (Fsp3) is 0.867. The van der Waals surface area contributed by atoms with Crippen LogP contribution in [0.5, 0.6) is 0 Å². The Bertz CT molecular complexity index is 250. The van der Waals surface area contributed by atoms with E-state index in [4.69, 9.17) is 5.11 Å². The van der Waals surface area contributed by atoms with E-state index >= 15 is 0 Å². The van der Waals surface area contributed by atoms with Gasteiger partial charge in [0.25, 0.3) is 0 Å². The van der Waals surface area contributed by atoms with Crippen LogP contribution in [-0.2, 0) is 0 Å². The van der Waals surface area contributed by atoms with Gasteiger partial charge in [0.2, 0.25) is 0 Å². The Hall–Kier alpha value is -0.380. The van der Waals surface area contributed by atoms with E-state index in [1.807, 2.05) is 6.92 Å². The second-order valence-electron chi connectivity index (χ2n) is 6.14. The summed E-state index contributed by atoms with van der Waals surface area (Å²) >= 11 is 0. The molecule has 3 N–H and O–H groups in total. The molecule has 0 heterocycles. The molecule has 0 aromatic heterocycles. The average Bonchev–Trinajstić information content (AvgIpc) is 2.15. The van der Waals surface area contributed by atoms with Crippen LogP contribution in [-0.4, -0.2) is 33.1 Å². The molecular weight excluding hydrogens is 228 g/mol. The van der Waals surface area contributed by atoms with Crippen molar-refractivity contribution >= 4 is 0 Å². The summed E-state index contributed by atoms with van der Waals surface area (Å²) < 4.78 is 0.